The van der Waals surface area contributed by atoms with Crippen LogP contribution >= 0.6 is 0 Å². The second-order valence-electron chi connectivity index (χ2n) is 4.82. The minimum atomic E-state index is -3.20. The highest BCUT2D eigenvalue weighted by Gasteiger charge is 2.14. The maximum absolute atomic E-state index is 13.0. The van der Waals surface area contributed by atoms with Gasteiger partial charge in [-0.05, 0) is 37.1 Å². The van der Waals surface area contributed by atoms with E-state index in [4.69, 9.17) is 0 Å². The number of hydrogen-bond acceptors (Lipinski definition) is 3. The van der Waals surface area contributed by atoms with Crippen molar-refractivity contribution in [3.63, 3.8) is 0 Å². The number of carbonyl (C=O) groups excluding carboxylic acids is 1. The van der Waals surface area contributed by atoms with Gasteiger partial charge >= 0.3 is 0 Å². The first kappa shape index (κ1) is 17.6. The van der Waals surface area contributed by atoms with Crippen LogP contribution in [-0.4, -0.2) is 44.5 Å². The molecule has 0 spiro atoms. The fraction of sp³-hybridized carbons (Fsp3) is 0.500. The van der Waals surface area contributed by atoms with Gasteiger partial charge in [0.05, 0.1) is 6.26 Å². The lowest BCUT2D eigenvalue weighted by Crippen LogP contribution is -2.33. The van der Waals surface area contributed by atoms with Gasteiger partial charge < -0.3 is 5.32 Å². The van der Waals surface area contributed by atoms with Crippen LogP contribution in [0.3, 0.4) is 0 Å². The highest BCUT2D eigenvalue weighted by molar-refractivity contribution is 7.88. The third kappa shape index (κ3) is 5.43. The number of carbonyl (C=O) groups is 1. The minimum absolute atomic E-state index is 0.282. The first-order chi connectivity index (χ1) is 9.75. The van der Waals surface area contributed by atoms with E-state index < -0.39 is 10.0 Å². The van der Waals surface area contributed by atoms with Crippen molar-refractivity contribution in [2.45, 2.75) is 20.3 Å². The average molecular weight is 316 g/mol. The van der Waals surface area contributed by atoms with Crippen molar-refractivity contribution in [1.82, 2.24) is 9.62 Å². The van der Waals surface area contributed by atoms with E-state index in [1.54, 1.807) is 13.8 Å². The van der Waals surface area contributed by atoms with Crippen molar-refractivity contribution in [3.8, 4) is 0 Å². The highest BCUT2D eigenvalue weighted by Crippen LogP contribution is 2.09. The zero-order chi connectivity index (χ0) is 16.0. The number of halogens is 1. The predicted molar refractivity (Wildman–Crippen MR) is 80.2 cm³/mol. The zero-order valence-electron chi connectivity index (χ0n) is 12.5. The fourth-order valence-corrected chi connectivity index (χ4v) is 2.92. The Balaban J connectivity index is 2.47. The van der Waals surface area contributed by atoms with E-state index in [-0.39, 0.29) is 11.7 Å². The van der Waals surface area contributed by atoms with E-state index >= 15 is 0 Å². The lowest BCUT2D eigenvalue weighted by Gasteiger charge is -2.17. The topological polar surface area (TPSA) is 66.5 Å². The van der Waals surface area contributed by atoms with E-state index in [1.165, 1.54) is 22.5 Å². The van der Waals surface area contributed by atoms with Crippen molar-refractivity contribution in [2.24, 2.45) is 0 Å². The Morgan fingerprint density at radius 1 is 1.38 bits per heavy atom. The summed E-state index contributed by atoms with van der Waals surface area (Å²) in [6.45, 7) is 4.56. The van der Waals surface area contributed by atoms with Crippen LogP contribution in [0.25, 0.3) is 0 Å². The van der Waals surface area contributed by atoms with Crippen molar-refractivity contribution in [2.75, 3.05) is 25.9 Å². The number of amides is 1. The molecule has 5 nitrogen and oxygen atoms in total. The lowest BCUT2D eigenvalue weighted by atomic mass is 10.1. The summed E-state index contributed by atoms with van der Waals surface area (Å²) in [5.41, 5.74) is 0.991. The molecule has 0 aliphatic carbocycles. The van der Waals surface area contributed by atoms with Gasteiger partial charge in [0.1, 0.15) is 5.82 Å². The number of aryl methyl sites for hydroxylation is 1. The molecule has 1 aromatic rings. The Bertz CT molecular complexity index is 602. The molecule has 0 fully saturated rings. The fourth-order valence-electron chi connectivity index (χ4n) is 1.99. The molecule has 21 heavy (non-hydrogen) atoms. The van der Waals surface area contributed by atoms with Gasteiger partial charge in [-0.1, -0.05) is 6.92 Å². The molecule has 0 atom stereocenters. The number of hydrogen-bond donors (Lipinski definition) is 1. The van der Waals surface area contributed by atoms with Gasteiger partial charge in [0.15, 0.2) is 0 Å². The standard InChI is InChI=1S/C14H21FN2O3S/c1-4-17(21(3,19)20)9-5-8-16-14(18)13-7-6-12(15)10-11(13)2/h6-7,10H,4-5,8-9H2,1-3H3,(H,16,18). The van der Waals surface area contributed by atoms with Crippen molar-refractivity contribution >= 4 is 15.9 Å². The molecule has 0 saturated heterocycles. The molecule has 118 valence electrons. The number of nitrogens with zero attached hydrogens (tertiary/aromatic N) is 1. The maximum Gasteiger partial charge on any atom is 0.251 e. The summed E-state index contributed by atoms with van der Waals surface area (Å²) in [7, 11) is -3.20. The SMILES string of the molecule is CCN(CCCNC(=O)c1ccc(F)cc1C)S(C)(=O)=O. The Kier molecular flexibility index (Phi) is 6.29. The summed E-state index contributed by atoms with van der Waals surface area (Å²) in [6, 6.07) is 3.98. The molecule has 0 unspecified atom stereocenters. The summed E-state index contributed by atoms with van der Waals surface area (Å²) in [5, 5.41) is 2.71. The molecule has 0 aliphatic rings. The number of nitrogens with one attached hydrogen (secondary N) is 1. The van der Waals surface area contributed by atoms with Crippen LogP contribution in [0.15, 0.2) is 18.2 Å². The Labute approximate surface area is 125 Å². The smallest absolute Gasteiger partial charge is 0.251 e. The van der Waals surface area contributed by atoms with E-state index in [9.17, 15) is 17.6 Å². The highest BCUT2D eigenvalue weighted by atomic mass is 32.2. The van der Waals surface area contributed by atoms with Gasteiger partial charge in [-0.2, -0.15) is 0 Å². The molecular formula is C14H21FN2O3S. The summed E-state index contributed by atoms with van der Waals surface area (Å²) in [6.07, 6.45) is 1.68. The van der Waals surface area contributed by atoms with Crippen molar-refractivity contribution < 1.29 is 17.6 Å². The van der Waals surface area contributed by atoms with Crippen LogP contribution in [0.4, 0.5) is 4.39 Å². The van der Waals surface area contributed by atoms with Gasteiger partial charge in [0.25, 0.3) is 5.91 Å². The van der Waals surface area contributed by atoms with Crippen LogP contribution < -0.4 is 5.32 Å². The molecule has 0 aromatic heterocycles. The molecule has 1 amide bonds. The number of rotatable bonds is 7. The predicted octanol–water partition coefficient (Wildman–Crippen LogP) is 1.54. The molecule has 0 aliphatic heterocycles. The van der Waals surface area contributed by atoms with E-state index in [1.807, 2.05) is 0 Å². The lowest BCUT2D eigenvalue weighted by molar-refractivity contribution is 0.0952. The molecule has 1 N–H and O–H groups in total. The normalized spacial score (nSPS) is 11.7. The van der Waals surface area contributed by atoms with Crippen LogP contribution in [0.2, 0.25) is 0 Å². The van der Waals surface area contributed by atoms with Gasteiger partial charge in [0.2, 0.25) is 10.0 Å². The van der Waals surface area contributed by atoms with Gasteiger partial charge in [-0.25, -0.2) is 17.1 Å². The Hall–Kier alpha value is -1.47. The van der Waals surface area contributed by atoms with Gasteiger partial charge in [-0.15, -0.1) is 0 Å². The minimum Gasteiger partial charge on any atom is -0.352 e. The monoisotopic (exact) mass is 316 g/mol. The van der Waals surface area contributed by atoms with E-state index in [0.29, 0.717) is 37.2 Å². The molecular weight excluding hydrogens is 295 g/mol. The molecule has 1 aromatic carbocycles. The molecule has 1 rings (SSSR count). The van der Waals surface area contributed by atoms with E-state index in [0.717, 1.165) is 6.26 Å². The maximum atomic E-state index is 13.0. The molecule has 7 heteroatoms. The second-order valence-corrected chi connectivity index (χ2v) is 6.81. The third-order valence-electron chi connectivity index (χ3n) is 3.12. The van der Waals surface area contributed by atoms with Gasteiger partial charge in [0, 0.05) is 25.2 Å². The third-order valence-corrected chi connectivity index (χ3v) is 4.50. The largest absolute Gasteiger partial charge is 0.352 e. The summed E-state index contributed by atoms with van der Waals surface area (Å²) in [4.78, 5) is 11.9. The van der Waals surface area contributed by atoms with Crippen molar-refractivity contribution in [3.05, 3.63) is 35.1 Å². The summed E-state index contributed by atoms with van der Waals surface area (Å²) >= 11 is 0. The number of sulfonamides is 1. The van der Waals surface area contributed by atoms with Crippen LogP contribution in [-0.2, 0) is 10.0 Å². The Morgan fingerprint density at radius 2 is 2.05 bits per heavy atom. The summed E-state index contributed by atoms with van der Waals surface area (Å²) < 4.78 is 37.1. The summed E-state index contributed by atoms with van der Waals surface area (Å²) in [5.74, 6) is -0.661. The molecule has 0 bridgehead atoms. The number of benzene rings is 1. The Morgan fingerprint density at radius 3 is 2.57 bits per heavy atom. The van der Waals surface area contributed by atoms with Gasteiger partial charge in [-0.3, -0.25) is 4.79 Å². The first-order valence-electron chi connectivity index (χ1n) is 6.75. The van der Waals surface area contributed by atoms with Crippen LogP contribution in [0, 0.1) is 12.7 Å². The van der Waals surface area contributed by atoms with E-state index in [2.05, 4.69) is 5.32 Å². The first-order valence-corrected chi connectivity index (χ1v) is 8.60. The second kappa shape index (κ2) is 7.51. The van der Waals surface area contributed by atoms with Crippen LogP contribution in [0.5, 0.6) is 0 Å². The zero-order valence-corrected chi connectivity index (χ0v) is 13.3. The molecule has 0 radical (unpaired) electrons. The molecule has 0 saturated carbocycles. The quantitative estimate of drug-likeness (QED) is 0.776. The average Bonchev–Trinajstić information content (AvgIpc) is 2.36. The van der Waals surface area contributed by atoms with Crippen LogP contribution in [0.1, 0.15) is 29.3 Å². The van der Waals surface area contributed by atoms with Crippen molar-refractivity contribution in [1.29, 1.82) is 0 Å². The molecule has 0 heterocycles.